The molecule has 0 unspecified atom stereocenters. The second-order valence-corrected chi connectivity index (χ2v) is 5.63. The maximum Gasteiger partial charge on any atom is 0.272 e. The topological polar surface area (TPSA) is 52.5 Å². The van der Waals surface area contributed by atoms with E-state index in [1.54, 1.807) is 0 Å². The number of carbonyl (C=O) groups excluding carboxylic acids is 1. The number of hydrogen-bond acceptors (Lipinski definition) is 3. The molecule has 0 saturated carbocycles. The van der Waals surface area contributed by atoms with Crippen LogP contribution in [0.3, 0.4) is 0 Å². The minimum Gasteiger partial charge on any atom is -0.494 e. The Bertz CT molecular complexity index is 899. The van der Waals surface area contributed by atoms with Crippen LogP contribution in [-0.2, 0) is 7.05 Å². The summed E-state index contributed by atoms with van der Waals surface area (Å²) in [5.74, 6) is 1.29. The van der Waals surface area contributed by atoms with Crippen LogP contribution in [0.25, 0.3) is 10.9 Å². The van der Waals surface area contributed by atoms with Crippen LogP contribution in [0.5, 0.6) is 11.5 Å². The number of nitrogens with one attached hydrogen (secondary N) is 1. The van der Waals surface area contributed by atoms with Crippen molar-refractivity contribution in [1.82, 2.24) is 4.57 Å². The van der Waals surface area contributed by atoms with Crippen LogP contribution in [0.4, 0.5) is 5.69 Å². The van der Waals surface area contributed by atoms with Gasteiger partial charge in [0.15, 0.2) is 0 Å². The van der Waals surface area contributed by atoms with Gasteiger partial charge in [0.25, 0.3) is 5.91 Å². The van der Waals surface area contributed by atoms with Crippen molar-refractivity contribution in [1.29, 1.82) is 0 Å². The maximum atomic E-state index is 12.8. The molecule has 1 N–H and O–H groups in total. The molecule has 2 aromatic carbocycles. The SMILES string of the molecule is CCOc1ccc2c(c1)cc(C(=O)Nc1ccccc1OCC)n2C. The minimum atomic E-state index is -0.177. The van der Waals surface area contributed by atoms with Crippen molar-refractivity contribution in [3.05, 3.63) is 54.2 Å². The van der Waals surface area contributed by atoms with Crippen molar-refractivity contribution in [2.75, 3.05) is 18.5 Å². The molecule has 5 heteroatoms. The van der Waals surface area contributed by atoms with Crippen LogP contribution in [0.1, 0.15) is 24.3 Å². The molecule has 3 rings (SSSR count). The third-order valence-corrected chi connectivity index (χ3v) is 3.99. The molecule has 0 bridgehead atoms. The summed E-state index contributed by atoms with van der Waals surface area (Å²) in [6, 6.07) is 15.1. The van der Waals surface area contributed by atoms with E-state index in [1.807, 2.05) is 74.0 Å². The van der Waals surface area contributed by atoms with Gasteiger partial charge in [-0.3, -0.25) is 4.79 Å². The quantitative estimate of drug-likeness (QED) is 0.732. The summed E-state index contributed by atoms with van der Waals surface area (Å²) in [6.07, 6.45) is 0. The van der Waals surface area contributed by atoms with E-state index in [1.165, 1.54) is 0 Å². The molecule has 0 saturated heterocycles. The van der Waals surface area contributed by atoms with Gasteiger partial charge < -0.3 is 19.4 Å². The van der Waals surface area contributed by atoms with E-state index in [4.69, 9.17) is 9.47 Å². The van der Waals surface area contributed by atoms with Crippen LogP contribution in [-0.4, -0.2) is 23.7 Å². The highest BCUT2D eigenvalue weighted by Crippen LogP contribution is 2.27. The van der Waals surface area contributed by atoms with Gasteiger partial charge in [-0.25, -0.2) is 0 Å². The summed E-state index contributed by atoms with van der Waals surface area (Å²) in [5.41, 5.74) is 2.22. The lowest BCUT2D eigenvalue weighted by Gasteiger charge is -2.11. The van der Waals surface area contributed by atoms with Gasteiger partial charge in [0, 0.05) is 18.0 Å². The van der Waals surface area contributed by atoms with Crippen molar-refractivity contribution in [3.63, 3.8) is 0 Å². The van der Waals surface area contributed by atoms with Gasteiger partial charge in [0.05, 0.1) is 18.9 Å². The van der Waals surface area contributed by atoms with Crippen molar-refractivity contribution in [2.45, 2.75) is 13.8 Å². The predicted octanol–water partition coefficient (Wildman–Crippen LogP) is 4.23. The molecule has 0 atom stereocenters. The Morgan fingerprint density at radius 3 is 2.56 bits per heavy atom. The van der Waals surface area contributed by atoms with Gasteiger partial charge >= 0.3 is 0 Å². The molecule has 0 fully saturated rings. The van der Waals surface area contributed by atoms with Crippen LogP contribution >= 0.6 is 0 Å². The lowest BCUT2D eigenvalue weighted by molar-refractivity contribution is 0.101. The number of nitrogens with zero attached hydrogens (tertiary/aromatic N) is 1. The average molecular weight is 338 g/mol. The number of hydrogen-bond donors (Lipinski definition) is 1. The van der Waals surface area contributed by atoms with Gasteiger partial charge in [0.2, 0.25) is 0 Å². The number of benzene rings is 2. The van der Waals surface area contributed by atoms with E-state index in [9.17, 15) is 4.79 Å². The molecule has 130 valence electrons. The Morgan fingerprint density at radius 2 is 1.80 bits per heavy atom. The molecule has 0 radical (unpaired) electrons. The summed E-state index contributed by atoms with van der Waals surface area (Å²) >= 11 is 0. The third kappa shape index (κ3) is 3.45. The average Bonchev–Trinajstić information content (AvgIpc) is 2.94. The van der Waals surface area contributed by atoms with E-state index in [2.05, 4.69) is 5.32 Å². The number of ether oxygens (including phenoxy) is 2. The van der Waals surface area contributed by atoms with Crippen molar-refractivity contribution in [3.8, 4) is 11.5 Å². The number of amides is 1. The number of carbonyl (C=O) groups is 1. The van der Waals surface area contributed by atoms with Gasteiger partial charge in [-0.2, -0.15) is 0 Å². The molecule has 0 aliphatic carbocycles. The normalized spacial score (nSPS) is 10.7. The molecule has 25 heavy (non-hydrogen) atoms. The Balaban J connectivity index is 1.91. The fourth-order valence-electron chi connectivity index (χ4n) is 2.84. The zero-order valence-corrected chi connectivity index (χ0v) is 14.7. The fraction of sp³-hybridized carbons (Fsp3) is 0.250. The highest BCUT2D eigenvalue weighted by atomic mass is 16.5. The Hall–Kier alpha value is -2.95. The molecular weight excluding hydrogens is 316 g/mol. The standard InChI is InChI=1S/C20H22N2O3/c1-4-24-15-10-11-17-14(12-15)13-18(22(17)3)20(23)21-16-8-6-7-9-19(16)25-5-2/h6-13H,4-5H2,1-3H3,(H,21,23). The summed E-state index contributed by atoms with van der Waals surface area (Å²) in [7, 11) is 1.88. The van der Waals surface area contributed by atoms with E-state index >= 15 is 0 Å². The minimum absolute atomic E-state index is 0.177. The molecule has 3 aromatic rings. The molecule has 1 aromatic heterocycles. The van der Waals surface area contributed by atoms with E-state index in [-0.39, 0.29) is 5.91 Å². The lowest BCUT2D eigenvalue weighted by Crippen LogP contribution is -2.16. The monoisotopic (exact) mass is 338 g/mol. The van der Waals surface area contributed by atoms with Gasteiger partial charge in [-0.15, -0.1) is 0 Å². The number of rotatable bonds is 6. The number of para-hydroxylation sites is 2. The first-order chi connectivity index (χ1) is 12.1. The Kier molecular flexibility index (Phi) is 4.93. The molecule has 0 aliphatic heterocycles. The summed E-state index contributed by atoms with van der Waals surface area (Å²) < 4.78 is 13.0. The number of fused-ring (bicyclic) bond motifs is 1. The maximum absolute atomic E-state index is 12.8. The first-order valence-electron chi connectivity index (χ1n) is 8.39. The number of aromatic nitrogens is 1. The molecule has 0 aliphatic rings. The number of anilines is 1. The highest BCUT2D eigenvalue weighted by Gasteiger charge is 2.15. The molecule has 1 amide bonds. The van der Waals surface area contributed by atoms with Gasteiger partial charge in [-0.1, -0.05) is 12.1 Å². The Labute approximate surface area is 147 Å². The number of aryl methyl sites for hydroxylation is 1. The first kappa shape index (κ1) is 16.9. The van der Waals surface area contributed by atoms with Gasteiger partial charge in [-0.05, 0) is 50.2 Å². The first-order valence-corrected chi connectivity index (χ1v) is 8.39. The van der Waals surface area contributed by atoms with E-state index < -0.39 is 0 Å². The van der Waals surface area contributed by atoms with Crippen molar-refractivity contribution >= 4 is 22.5 Å². The lowest BCUT2D eigenvalue weighted by atomic mass is 10.2. The molecule has 0 spiro atoms. The summed E-state index contributed by atoms with van der Waals surface area (Å²) in [4.78, 5) is 12.8. The fourth-order valence-corrected chi connectivity index (χ4v) is 2.84. The summed E-state index contributed by atoms with van der Waals surface area (Å²) in [5, 5.41) is 3.91. The van der Waals surface area contributed by atoms with Crippen molar-refractivity contribution < 1.29 is 14.3 Å². The van der Waals surface area contributed by atoms with Crippen molar-refractivity contribution in [2.24, 2.45) is 7.05 Å². The third-order valence-electron chi connectivity index (χ3n) is 3.99. The zero-order chi connectivity index (χ0) is 17.8. The smallest absolute Gasteiger partial charge is 0.272 e. The second-order valence-electron chi connectivity index (χ2n) is 5.63. The van der Waals surface area contributed by atoms with E-state index in [0.717, 1.165) is 16.7 Å². The summed E-state index contributed by atoms with van der Waals surface area (Å²) in [6.45, 7) is 5.02. The molecular formula is C20H22N2O3. The molecule has 5 nitrogen and oxygen atoms in total. The Morgan fingerprint density at radius 1 is 1.04 bits per heavy atom. The van der Waals surface area contributed by atoms with Crippen LogP contribution < -0.4 is 14.8 Å². The second kappa shape index (κ2) is 7.30. The highest BCUT2D eigenvalue weighted by molar-refractivity contribution is 6.07. The van der Waals surface area contributed by atoms with Gasteiger partial charge in [0.1, 0.15) is 17.2 Å². The zero-order valence-electron chi connectivity index (χ0n) is 14.7. The van der Waals surface area contributed by atoms with Crippen LogP contribution in [0.15, 0.2) is 48.5 Å². The predicted molar refractivity (Wildman–Crippen MR) is 99.7 cm³/mol. The van der Waals surface area contributed by atoms with Crippen LogP contribution in [0, 0.1) is 0 Å². The molecule has 1 heterocycles. The largest absolute Gasteiger partial charge is 0.494 e. The van der Waals surface area contributed by atoms with E-state index in [0.29, 0.717) is 30.3 Å². The van der Waals surface area contributed by atoms with Crippen LogP contribution in [0.2, 0.25) is 0 Å².